The van der Waals surface area contributed by atoms with E-state index in [1.165, 1.54) is 58.2 Å². The van der Waals surface area contributed by atoms with Crippen molar-refractivity contribution in [3.05, 3.63) is 259 Å². The molecule has 9 rings (SSSR count). The summed E-state index contributed by atoms with van der Waals surface area (Å²) < 4.78 is 1.29. The minimum absolute atomic E-state index is 0. The van der Waals surface area contributed by atoms with Crippen molar-refractivity contribution in [2.45, 2.75) is 0 Å². The average Bonchev–Trinajstić information content (AvgIpc) is 3.60. The molecule has 278 valence electrons. The summed E-state index contributed by atoms with van der Waals surface area (Å²) in [6, 6.07) is 83.7. The fraction of sp³-hybridized carbons (Fsp3) is 0. The van der Waals surface area contributed by atoms with Crippen LogP contribution in [0.3, 0.4) is 0 Å². The van der Waals surface area contributed by atoms with Crippen LogP contribution >= 0.6 is 40.7 Å². The van der Waals surface area contributed by atoms with Gasteiger partial charge in [0.2, 0.25) is 0 Å². The first kappa shape index (κ1) is 42.6. The Morgan fingerprint density at radius 2 is 0.500 bits per heavy atom. The van der Waals surface area contributed by atoms with E-state index in [0.717, 1.165) is 0 Å². The Morgan fingerprint density at radius 3 is 0.786 bits per heavy atom. The zero-order valence-corrected chi connectivity index (χ0v) is 35.8. The van der Waals surface area contributed by atoms with Crippen LogP contribution in [0, 0.1) is 0 Å². The molecule has 0 amide bonds. The van der Waals surface area contributed by atoms with Crippen LogP contribution in [-0.2, 0) is 17.9 Å². The summed E-state index contributed by atoms with van der Waals surface area (Å²) in [7, 11) is -0.892. The Balaban J connectivity index is 0.000000159. The van der Waals surface area contributed by atoms with Gasteiger partial charge in [-0.2, -0.15) is 0 Å². The summed E-state index contributed by atoms with van der Waals surface area (Å²) in [5.41, 5.74) is 5.28. The van der Waals surface area contributed by atoms with E-state index in [9.17, 15) is 0 Å². The molecular formula is C51H42Cl2P2Ru. The van der Waals surface area contributed by atoms with Crippen LogP contribution in [0.15, 0.2) is 243 Å². The Morgan fingerprint density at radius 1 is 0.268 bits per heavy atom. The van der Waals surface area contributed by atoms with Gasteiger partial charge in [-0.3, -0.25) is 0 Å². The molecule has 0 heterocycles. The van der Waals surface area contributed by atoms with E-state index in [2.05, 4.69) is 261 Å². The number of rotatable bonds is 7. The molecule has 0 nitrogen and oxygen atoms in total. The maximum absolute atomic E-state index is 2.71. The smallest absolute Gasteiger partial charge is 0.0134 e. The average molecular weight is 889 g/mol. The van der Waals surface area contributed by atoms with Crippen molar-refractivity contribution >= 4 is 82.2 Å². The van der Waals surface area contributed by atoms with E-state index in [0.29, 0.717) is 0 Å². The molecule has 0 fully saturated rings. The van der Waals surface area contributed by atoms with Gasteiger partial charge in [-0.1, -0.05) is 182 Å². The zero-order chi connectivity index (χ0) is 36.8. The summed E-state index contributed by atoms with van der Waals surface area (Å²) >= 11 is 2.71. The molecule has 5 heteroatoms. The minimum Gasteiger partial charge on any atom is -0.0622 e. The molecule has 0 unspecified atom stereocenters. The van der Waals surface area contributed by atoms with Crippen molar-refractivity contribution < 1.29 is 17.9 Å². The minimum atomic E-state index is -0.446. The molecule has 0 aromatic heterocycles. The van der Waals surface area contributed by atoms with E-state index in [4.69, 9.17) is 0 Å². The third kappa shape index (κ3) is 11.1. The predicted octanol–water partition coefficient (Wildman–Crippen LogP) is 10.9. The van der Waals surface area contributed by atoms with Gasteiger partial charge >= 0.3 is 105 Å². The van der Waals surface area contributed by atoms with Gasteiger partial charge < -0.3 is 0 Å². The first-order chi connectivity index (χ1) is 26.8. The fourth-order valence-electron chi connectivity index (χ4n) is 6.41. The standard InChI is InChI=1S/2C18H15P.C15H10.2ClH.Ru/c2*1-4-10-16(11-5-1)19(17-12-6-2-7-13-17)18-14-8-3-9-15-18;1-2-6-12(7-3-1)15-11-10-13-8-4-5-9-14(13)15;;;/h2*1-15H;1-9,11H;2*1H;. The van der Waals surface area contributed by atoms with Crippen LogP contribution in [0.25, 0.3) is 5.57 Å². The van der Waals surface area contributed by atoms with E-state index >= 15 is 0 Å². The number of benzene rings is 8. The van der Waals surface area contributed by atoms with Crippen molar-refractivity contribution in [1.82, 2.24) is 0 Å². The first-order valence-corrected chi connectivity index (χ1v) is 21.6. The first-order valence-electron chi connectivity index (χ1n) is 18.0. The van der Waals surface area contributed by atoms with Crippen molar-refractivity contribution in [3.8, 4) is 0 Å². The van der Waals surface area contributed by atoms with Crippen LogP contribution in [0.1, 0.15) is 16.7 Å². The van der Waals surface area contributed by atoms with Crippen LogP contribution < -0.4 is 31.8 Å². The third-order valence-electron chi connectivity index (χ3n) is 8.91. The molecule has 56 heavy (non-hydrogen) atoms. The second kappa shape index (κ2) is 22.2. The Bertz CT molecular complexity index is 2070. The third-order valence-corrected chi connectivity index (χ3v) is 14.5. The molecule has 1 aliphatic rings. The molecule has 0 atom stereocenters. The molecule has 8 aromatic rings. The normalized spacial score (nSPS) is 11.1. The maximum Gasteiger partial charge on any atom is -0.0134 e. The molecule has 0 saturated heterocycles. The summed E-state index contributed by atoms with van der Waals surface area (Å²) in [6.45, 7) is 0. The molecule has 0 aliphatic heterocycles. The Hall–Kier alpha value is -4.57. The second-order valence-corrected chi connectivity index (χ2v) is 17.9. The van der Waals surface area contributed by atoms with Gasteiger partial charge in [0.05, 0.1) is 0 Å². The summed E-state index contributed by atoms with van der Waals surface area (Å²) in [5, 5.41) is 8.39. The monoisotopic (exact) mass is 888 g/mol. The van der Waals surface area contributed by atoms with Gasteiger partial charge in [0.1, 0.15) is 0 Å². The molecule has 0 radical (unpaired) electrons. The van der Waals surface area contributed by atoms with Crippen molar-refractivity contribution in [2.75, 3.05) is 0 Å². The Labute approximate surface area is 356 Å². The SMILES string of the molecule is Cl.Cl.[Ru]=[C]1C=C(c2ccccc2)c2ccccc21.c1ccc(P(c2ccccc2)c2ccccc2)cc1.c1ccc(P(c2ccccc2)c2ccccc2)cc1. The molecule has 0 spiro atoms. The molecule has 0 N–H and O–H groups in total. The number of allylic oxidation sites excluding steroid dienone is 1. The van der Waals surface area contributed by atoms with E-state index in [1.807, 2.05) is 0 Å². The van der Waals surface area contributed by atoms with Gasteiger partial charge in [-0.05, 0) is 47.7 Å². The summed E-state index contributed by atoms with van der Waals surface area (Å²) in [4.78, 5) is 0. The molecule has 0 saturated carbocycles. The number of hydrogen-bond acceptors (Lipinski definition) is 0. The number of halogens is 2. The van der Waals surface area contributed by atoms with Crippen LogP contribution in [-0.4, -0.2) is 4.11 Å². The molecule has 8 aromatic carbocycles. The van der Waals surface area contributed by atoms with Gasteiger partial charge in [0, 0.05) is 0 Å². The van der Waals surface area contributed by atoms with Crippen molar-refractivity contribution in [3.63, 3.8) is 0 Å². The van der Waals surface area contributed by atoms with Crippen LogP contribution in [0.4, 0.5) is 0 Å². The van der Waals surface area contributed by atoms with E-state index in [-0.39, 0.29) is 24.8 Å². The molecular weight excluding hydrogens is 846 g/mol. The maximum atomic E-state index is 2.71. The zero-order valence-electron chi connectivity index (χ0n) is 30.7. The molecule has 0 bridgehead atoms. The fourth-order valence-corrected chi connectivity index (χ4v) is 11.7. The quantitative estimate of drug-likeness (QED) is 0.110. The van der Waals surface area contributed by atoms with Crippen molar-refractivity contribution in [1.29, 1.82) is 0 Å². The van der Waals surface area contributed by atoms with E-state index in [1.54, 1.807) is 0 Å². The van der Waals surface area contributed by atoms with Crippen LogP contribution in [0.5, 0.6) is 0 Å². The number of hydrogen-bond donors (Lipinski definition) is 0. The van der Waals surface area contributed by atoms with Gasteiger partial charge in [-0.25, -0.2) is 0 Å². The number of fused-ring (bicyclic) bond motifs is 1. The largest absolute Gasteiger partial charge is 0.0622 e. The summed E-state index contributed by atoms with van der Waals surface area (Å²) in [5.74, 6) is 0. The summed E-state index contributed by atoms with van der Waals surface area (Å²) in [6.07, 6.45) is 2.25. The van der Waals surface area contributed by atoms with Gasteiger partial charge in [-0.15, -0.1) is 24.8 Å². The Kier molecular flexibility index (Phi) is 16.9. The van der Waals surface area contributed by atoms with Crippen LogP contribution in [0.2, 0.25) is 0 Å². The predicted molar refractivity (Wildman–Crippen MR) is 249 cm³/mol. The molecule has 1 aliphatic carbocycles. The topological polar surface area (TPSA) is 0 Å². The van der Waals surface area contributed by atoms with Gasteiger partial charge in [0.15, 0.2) is 0 Å². The van der Waals surface area contributed by atoms with Gasteiger partial charge in [0.25, 0.3) is 0 Å². The second-order valence-electron chi connectivity index (χ2n) is 12.5. The van der Waals surface area contributed by atoms with E-state index < -0.39 is 15.8 Å². The van der Waals surface area contributed by atoms with Crippen molar-refractivity contribution in [2.24, 2.45) is 0 Å².